The van der Waals surface area contributed by atoms with E-state index in [1.165, 1.54) is 17.4 Å². The lowest BCUT2D eigenvalue weighted by atomic mass is 10.1. The van der Waals surface area contributed by atoms with E-state index in [1.807, 2.05) is 54.6 Å². The van der Waals surface area contributed by atoms with Crippen LogP contribution in [0, 0.1) is 0 Å². The molecule has 3 N–H and O–H groups in total. The van der Waals surface area contributed by atoms with Crippen molar-refractivity contribution in [1.82, 2.24) is 15.6 Å². The fourth-order valence-electron chi connectivity index (χ4n) is 5.04. The molecule has 0 radical (unpaired) electrons. The first-order valence-corrected chi connectivity index (χ1v) is 13.4. The Morgan fingerprint density at radius 3 is 2.49 bits per heavy atom. The lowest BCUT2D eigenvalue weighted by Gasteiger charge is -2.28. The van der Waals surface area contributed by atoms with Crippen LogP contribution in [0.1, 0.15) is 28.9 Å². The number of hydrogen-bond donors (Lipinski definition) is 3. The van der Waals surface area contributed by atoms with Gasteiger partial charge in [0.05, 0.1) is 22.4 Å². The van der Waals surface area contributed by atoms with Crippen LogP contribution in [0.25, 0.3) is 10.2 Å². The minimum atomic E-state index is -0.368. The van der Waals surface area contributed by atoms with Gasteiger partial charge < -0.3 is 20.7 Å². The van der Waals surface area contributed by atoms with Crippen molar-refractivity contribution in [1.29, 1.82) is 0 Å². The van der Waals surface area contributed by atoms with Gasteiger partial charge in [0.15, 0.2) is 0 Å². The first-order valence-electron chi connectivity index (χ1n) is 12.6. The van der Waals surface area contributed by atoms with E-state index in [2.05, 4.69) is 27.5 Å². The highest BCUT2D eigenvalue weighted by molar-refractivity contribution is 7.21. The number of hydrogen-bond acceptors (Lipinski definition) is 6. The molecule has 1 saturated carbocycles. The van der Waals surface area contributed by atoms with Crippen LogP contribution in [-0.4, -0.2) is 34.9 Å². The van der Waals surface area contributed by atoms with Crippen LogP contribution in [0.4, 0.5) is 21.9 Å². The van der Waals surface area contributed by atoms with E-state index in [-0.39, 0.29) is 29.9 Å². The first kappa shape index (κ1) is 24.6. The van der Waals surface area contributed by atoms with E-state index < -0.39 is 0 Å². The van der Waals surface area contributed by atoms with Gasteiger partial charge in [-0.05, 0) is 67.8 Å². The van der Waals surface area contributed by atoms with Crippen molar-refractivity contribution in [3.05, 3.63) is 84.4 Å². The average Bonchev–Trinajstić information content (AvgIpc) is 3.55. The summed E-state index contributed by atoms with van der Waals surface area (Å²) < 4.78 is 5.88. The summed E-state index contributed by atoms with van der Waals surface area (Å²) in [5.41, 5.74) is 1.77. The zero-order valence-corrected chi connectivity index (χ0v) is 21.7. The van der Waals surface area contributed by atoms with Crippen molar-refractivity contribution in [3.8, 4) is 11.5 Å². The van der Waals surface area contributed by atoms with Crippen molar-refractivity contribution in [2.24, 2.45) is 0 Å². The molecule has 2 aliphatic rings. The molecule has 6 rings (SSSR count). The Morgan fingerprint density at radius 1 is 1.03 bits per heavy atom. The van der Waals surface area contributed by atoms with Crippen LogP contribution in [0.3, 0.4) is 0 Å². The van der Waals surface area contributed by atoms with E-state index in [4.69, 9.17) is 4.74 Å². The zero-order valence-electron chi connectivity index (χ0n) is 20.8. The maximum atomic E-state index is 13.4. The summed E-state index contributed by atoms with van der Waals surface area (Å²) in [6.45, 7) is 3.48. The molecule has 2 aromatic carbocycles. The van der Waals surface area contributed by atoms with Gasteiger partial charge in [0.2, 0.25) is 5.91 Å². The van der Waals surface area contributed by atoms with Crippen molar-refractivity contribution in [2.75, 3.05) is 10.2 Å². The van der Waals surface area contributed by atoms with Crippen LogP contribution in [-0.2, 0) is 4.79 Å². The second-order valence-corrected chi connectivity index (χ2v) is 10.4. The number of ether oxygens (including phenoxy) is 1. The molecule has 39 heavy (non-hydrogen) atoms. The normalized spacial score (nSPS) is 17.9. The molecule has 2 unspecified atom stereocenters. The summed E-state index contributed by atoms with van der Waals surface area (Å²) in [5.74, 6) is 0.886. The Hall–Kier alpha value is -4.70. The molecule has 10 heteroatoms. The van der Waals surface area contributed by atoms with Gasteiger partial charge in [-0.1, -0.05) is 24.8 Å². The SMILES string of the molecule is C=CC(=O)NC1CCC(NC(=O)c2sc3nccc4c3c2NC(=O)N4c2ccc(Oc3ccccc3)cc2)C1. The Balaban J connectivity index is 1.24. The van der Waals surface area contributed by atoms with E-state index in [0.29, 0.717) is 38.9 Å². The van der Waals surface area contributed by atoms with E-state index in [9.17, 15) is 14.4 Å². The number of aromatic nitrogens is 1. The lowest BCUT2D eigenvalue weighted by Crippen LogP contribution is -2.37. The molecule has 1 fully saturated rings. The topological polar surface area (TPSA) is 113 Å². The van der Waals surface area contributed by atoms with Crippen molar-refractivity contribution in [3.63, 3.8) is 0 Å². The Morgan fingerprint density at radius 2 is 1.74 bits per heavy atom. The zero-order chi connectivity index (χ0) is 26.9. The Kier molecular flexibility index (Phi) is 6.45. The van der Waals surface area contributed by atoms with E-state index in [1.54, 1.807) is 17.2 Å². The molecule has 9 nitrogen and oxygen atoms in total. The molecule has 2 atom stereocenters. The standard InChI is InChI=1S/C29H25N5O4S/c1-2-23(35)31-17-8-9-18(16-17)32-27(36)26-25-24-22(14-15-30-28(24)39-26)34(29(37)33-25)19-10-12-21(13-11-19)38-20-6-4-3-5-7-20/h2-7,10-15,17-18H,1,8-9,16H2,(H,31,35)(H,32,36)(H,33,37). The van der Waals surface area contributed by atoms with Crippen LogP contribution < -0.4 is 25.6 Å². The second kappa shape index (κ2) is 10.2. The highest BCUT2D eigenvalue weighted by atomic mass is 32.1. The van der Waals surface area contributed by atoms with Gasteiger partial charge >= 0.3 is 6.03 Å². The Labute approximate surface area is 228 Å². The maximum Gasteiger partial charge on any atom is 0.331 e. The van der Waals surface area contributed by atoms with E-state index >= 15 is 0 Å². The first-order chi connectivity index (χ1) is 19.0. The predicted molar refractivity (Wildman–Crippen MR) is 151 cm³/mol. The second-order valence-electron chi connectivity index (χ2n) is 9.38. The lowest BCUT2D eigenvalue weighted by molar-refractivity contribution is -0.117. The summed E-state index contributed by atoms with van der Waals surface area (Å²) in [5, 5.41) is 9.60. The monoisotopic (exact) mass is 539 g/mol. The molecule has 0 bridgehead atoms. The van der Waals surface area contributed by atoms with Gasteiger partial charge in [-0.25, -0.2) is 9.78 Å². The third kappa shape index (κ3) is 4.82. The molecular formula is C29H25N5O4S. The molecule has 1 aliphatic carbocycles. The highest BCUT2D eigenvalue weighted by Gasteiger charge is 2.34. The summed E-state index contributed by atoms with van der Waals surface area (Å²) in [6.07, 6.45) is 5.05. The van der Waals surface area contributed by atoms with Crippen molar-refractivity contribution < 1.29 is 19.1 Å². The molecular weight excluding hydrogens is 514 g/mol. The molecule has 0 spiro atoms. The summed E-state index contributed by atoms with van der Waals surface area (Å²) in [4.78, 5) is 45.4. The maximum absolute atomic E-state index is 13.4. The minimum Gasteiger partial charge on any atom is -0.457 e. The van der Waals surface area contributed by atoms with Crippen LogP contribution in [0.15, 0.2) is 79.5 Å². The predicted octanol–water partition coefficient (Wildman–Crippen LogP) is 5.73. The van der Waals surface area contributed by atoms with Gasteiger partial charge in [0.1, 0.15) is 21.2 Å². The van der Waals surface area contributed by atoms with Crippen LogP contribution in [0.2, 0.25) is 0 Å². The quantitative estimate of drug-likeness (QED) is 0.260. The van der Waals surface area contributed by atoms with Crippen LogP contribution in [0.5, 0.6) is 11.5 Å². The number of anilines is 3. The number of para-hydroxylation sites is 1. The van der Waals surface area contributed by atoms with Gasteiger partial charge in [0.25, 0.3) is 5.91 Å². The number of nitrogens with zero attached hydrogens (tertiary/aromatic N) is 2. The van der Waals surface area contributed by atoms with Crippen molar-refractivity contribution in [2.45, 2.75) is 31.3 Å². The molecule has 4 aromatic rings. The molecule has 3 heterocycles. The number of urea groups is 1. The highest BCUT2D eigenvalue weighted by Crippen LogP contribution is 2.46. The molecule has 196 valence electrons. The number of rotatable bonds is 7. The van der Waals surface area contributed by atoms with Crippen molar-refractivity contribution >= 4 is 56.5 Å². The summed E-state index contributed by atoms with van der Waals surface area (Å²) >= 11 is 1.24. The fraction of sp³-hybridized carbons (Fsp3) is 0.172. The third-order valence-electron chi connectivity index (χ3n) is 6.83. The van der Waals surface area contributed by atoms with Gasteiger partial charge in [-0.15, -0.1) is 11.3 Å². The number of pyridine rings is 1. The summed E-state index contributed by atoms with van der Waals surface area (Å²) in [7, 11) is 0. The number of amides is 4. The third-order valence-corrected chi connectivity index (χ3v) is 7.92. The Bertz CT molecular complexity index is 1580. The smallest absolute Gasteiger partial charge is 0.331 e. The fourth-order valence-corrected chi connectivity index (χ4v) is 6.07. The average molecular weight is 540 g/mol. The molecule has 4 amide bonds. The van der Waals surface area contributed by atoms with Gasteiger partial charge in [-0.3, -0.25) is 14.5 Å². The van der Waals surface area contributed by atoms with Crippen LogP contribution >= 0.6 is 11.3 Å². The van der Waals surface area contributed by atoms with E-state index in [0.717, 1.165) is 24.0 Å². The number of carbonyl (C=O) groups is 3. The minimum absolute atomic E-state index is 0.00688. The number of benzene rings is 2. The summed E-state index contributed by atoms with van der Waals surface area (Å²) in [6, 6.07) is 18.0. The molecule has 2 aromatic heterocycles. The van der Waals surface area contributed by atoms with Gasteiger partial charge in [-0.2, -0.15) is 0 Å². The molecule has 0 saturated heterocycles. The molecule has 1 aliphatic heterocycles. The van der Waals surface area contributed by atoms with Gasteiger partial charge in [0, 0.05) is 18.3 Å². The number of nitrogens with one attached hydrogen (secondary N) is 3. The number of carbonyl (C=O) groups excluding carboxylic acids is 3. The largest absolute Gasteiger partial charge is 0.457 e. The number of thiophene rings is 1.